The number of benzene rings is 2. The molecule has 0 N–H and O–H groups in total. The van der Waals surface area contributed by atoms with Crippen LogP contribution in [0, 0.1) is 13.8 Å². The number of hydrogen-bond donors (Lipinski definition) is 0. The van der Waals surface area contributed by atoms with Crippen LogP contribution in [0.5, 0.6) is 0 Å². The van der Waals surface area contributed by atoms with Crippen LogP contribution in [-0.4, -0.2) is 25.1 Å². The third kappa shape index (κ3) is 3.58. The summed E-state index contributed by atoms with van der Waals surface area (Å²) in [7, 11) is 0. The summed E-state index contributed by atoms with van der Waals surface area (Å²) in [6.07, 6.45) is 0. The zero-order chi connectivity index (χ0) is 22.2. The van der Waals surface area contributed by atoms with Crippen molar-refractivity contribution >= 4 is 32.5 Å². The summed E-state index contributed by atoms with van der Waals surface area (Å²) in [6, 6.07) is 19.0. The van der Waals surface area contributed by atoms with Crippen molar-refractivity contribution in [2.24, 2.45) is 0 Å². The minimum atomic E-state index is -0.474. The Bertz CT molecular complexity index is 1520. The highest BCUT2D eigenvalue weighted by atomic mass is 32.1. The van der Waals surface area contributed by atoms with E-state index in [1.54, 1.807) is 16.0 Å². The first-order chi connectivity index (χ1) is 15.5. The number of nitrogens with zero attached hydrogens (tertiary/aromatic N) is 4. The van der Waals surface area contributed by atoms with Gasteiger partial charge in [0.05, 0.1) is 33.8 Å². The van der Waals surface area contributed by atoms with Crippen LogP contribution < -0.4 is 5.56 Å². The van der Waals surface area contributed by atoms with Gasteiger partial charge in [-0.1, -0.05) is 53.8 Å². The number of aromatic nitrogens is 4. The lowest BCUT2D eigenvalue weighted by molar-refractivity contribution is 0.0466. The number of ether oxygens (including phenoxy) is 1. The van der Waals surface area contributed by atoms with E-state index in [2.05, 4.69) is 10.1 Å². The summed E-state index contributed by atoms with van der Waals surface area (Å²) in [5, 5.41) is 4.51. The molecule has 0 aliphatic heterocycles. The first-order valence-corrected chi connectivity index (χ1v) is 11.0. The maximum atomic E-state index is 12.8. The second-order valence-corrected chi connectivity index (χ2v) is 8.55. The number of esters is 1. The molecule has 7 nitrogen and oxygen atoms in total. The molecular formula is C24H20N4O3S. The molecule has 0 bridgehead atoms. The Balaban J connectivity index is 1.37. The predicted octanol–water partition coefficient (Wildman–Crippen LogP) is 4.13. The molecule has 5 rings (SSSR count). The van der Waals surface area contributed by atoms with Gasteiger partial charge < -0.3 is 4.74 Å². The molecule has 0 radical (unpaired) electrons. The molecule has 0 aliphatic carbocycles. The highest BCUT2D eigenvalue weighted by Gasteiger charge is 2.21. The molecule has 0 saturated carbocycles. The summed E-state index contributed by atoms with van der Waals surface area (Å²) in [4.78, 5) is 30.6. The van der Waals surface area contributed by atoms with Gasteiger partial charge >= 0.3 is 5.97 Å². The van der Waals surface area contributed by atoms with E-state index in [0.717, 1.165) is 21.5 Å². The van der Waals surface area contributed by atoms with E-state index in [0.29, 0.717) is 28.5 Å². The maximum Gasteiger partial charge on any atom is 0.342 e. The van der Waals surface area contributed by atoms with Gasteiger partial charge in [-0.3, -0.25) is 13.9 Å². The third-order valence-electron chi connectivity index (χ3n) is 5.36. The number of aryl methyl sites for hydroxylation is 1. The van der Waals surface area contributed by atoms with E-state index >= 15 is 0 Å². The topological polar surface area (TPSA) is 78.5 Å². The fourth-order valence-electron chi connectivity index (χ4n) is 3.81. The Morgan fingerprint density at radius 3 is 2.62 bits per heavy atom. The second kappa shape index (κ2) is 8.05. The zero-order valence-corrected chi connectivity index (χ0v) is 18.4. The van der Waals surface area contributed by atoms with Crippen molar-refractivity contribution in [1.82, 2.24) is 19.2 Å². The van der Waals surface area contributed by atoms with Gasteiger partial charge in [0.1, 0.15) is 12.2 Å². The molecule has 0 unspecified atom stereocenters. The van der Waals surface area contributed by atoms with E-state index in [4.69, 9.17) is 4.74 Å². The van der Waals surface area contributed by atoms with Crippen LogP contribution in [0.15, 0.2) is 65.5 Å². The molecule has 0 amide bonds. The molecule has 3 aromatic heterocycles. The van der Waals surface area contributed by atoms with E-state index in [-0.39, 0.29) is 12.2 Å². The fraction of sp³-hybridized carbons (Fsp3) is 0.167. The molecule has 0 spiro atoms. The molecule has 2 aromatic carbocycles. The minimum Gasteiger partial charge on any atom is -0.455 e. The Morgan fingerprint density at radius 1 is 1.06 bits per heavy atom. The SMILES string of the molecule is Cc1nn(Cc2ccccc2)c(C)c1C(=O)OCc1cc(=O)n2c(n1)sc1ccccc12. The normalized spacial score (nSPS) is 11.3. The van der Waals surface area contributed by atoms with Gasteiger partial charge in [0.2, 0.25) is 0 Å². The molecule has 0 aliphatic rings. The molecule has 3 heterocycles. The standard InChI is InChI=1S/C24H20N4O3S/c1-15-22(16(2)27(26-15)13-17-8-4-3-5-9-17)23(30)31-14-18-12-21(29)28-19-10-6-7-11-20(19)32-24(28)25-18/h3-12H,13-14H2,1-2H3. The van der Waals surface area contributed by atoms with Gasteiger partial charge in [-0.25, -0.2) is 9.78 Å². The number of para-hydroxylation sites is 1. The number of rotatable bonds is 5. The molecule has 8 heteroatoms. The molecule has 160 valence electrons. The summed E-state index contributed by atoms with van der Waals surface area (Å²) in [5.74, 6) is -0.474. The van der Waals surface area contributed by atoms with Crippen molar-refractivity contribution in [3.63, 3.8) is 0 Å². The Labute approximate surface area is 187 Å². The van der Waals surface area contributed by atoms with Crippen molar-refractivity contribution in [2.45, 2.75) is 27.0 Å². The van der Waals surface area contributed by atoms with Crippen molar-refractivity contribution < 1.29 is 9.53 Å². The first kappa shape index (κ1) is 20.1. The summed E-state index contributed by atoms with van der Waals surface area (Å²) in [6.45, 7) is 4.13. The van der Waals surface area contributed by atoms with Crippen molar-refractivity contribution in [3.05, 3.63) is 99.2 Å². The van der Waals surface area contributed by atoms with Crippen LogP contribution in [0.2, 0.25) is 0 Å². The second-order valence-electron chi connectivity index (χ2n) is 7.54. The van der Waals surface area contributed by atoms with Gasteiger partial charge in [0.15, 0.2) is 4.96 Å². The smallest absolute Gasteiger partial charge is 0.342 e. The largest absolute Gasteiger partial charge is 0.455 e. The molecule has 32 heavy (non-hydrogen) atoms. The third-order valence-corrected chi connectivity index (χ3v) is 6.38. The lowest BCUT2D eigenvalue weighted by Crippen LogP contribution is -2.15. The van der Waals surface area contributed by atoms with E-state index in [9.17, 15) is 9.59 Å². The van der Waals surface area contributed by atoms with Crippen LogP contribution in [-0.2, 0) is 17.9 Å². The number of hydrogen-bond acceptors (Lipinski definition) is 6. The molecule has 0 atom stereocenters. The van der Waals surface area contributed by atoms with Crippen molar-refractivity contribution in [2.75, 3.05) is 0 Å². The van der Waals surface area contributed by atoms with Gasteiger partial charge in [-0.15, -0.1) is 0 Å². The first-order valence-electron chi connectivity index (χ1n) is 10.2. The lowest BCUT2D eigenvalue weighted by atomic mass is 10.2. The van der Waals surface area contributed by atoms with Gasteiger partial charge in [0.25, 0.3) is 5.56 Å². The summed E-state index contributed by atoms with van der Waals surface area (Å²) in [5.41, 5.74) is 3.94. The highest BCUT2D eigenvalue weighted by molar-refractivity contribution is 7.23. The minimum absolute atomic E-state index is 0.0818. The van der Waals surface area contributed by atoms with E-state index in [1.165, 1.54) is 17.4 Å². The van der Waals surface area contributed by atoms with Crippen LogP contribution in [0.3, 0.4) is 0 Å². The van der Waals surface area contributed by atoms with Crippen LogP contribution in [0.4, 0.5) is 0 Å². The van der Waals surface area contributed by atoms with E-state index in [1.807, 2.05) is 61.5 Å². The fourth-order valence-corrected chi connectivity index (χ4v) is 4.86. The van der Waals surface area contributed by atoms with Crippen LogP contribution in [0.1, 0.15) is 33.0 Å². The molecule has 0 fully saturated rings. The number of thiazole rings is 1. The molecule has 5 aromatic rings. The monoisotopic (exact) mass is 444 g/mol. The maximum absolute atomic E-state index is 12.8. The van der Waals surface area contributed by atoms with Crippen LogP contribution >= 0.6 is 11.3 Å². The van der Waals surface area contributed by atoms with Gasteiger partial charge in [-0.05, 0) is 31.5 Å². The summed E-state index contributed by atoms with van der Waals surface area (Å²) < 4.78 is 9.87. The average molecular weight is 445 g/mol. The zero-order valence-electron chi connectivity index (χ0n) is 17.6. The van der Waals surface area contributed by atoms with Gasteiger partial charge in [-0.2, -0.15) is 5.10 Å². The Kier molecular flexibility index (Phi) is 5.07. The predicted molar refractivity (Wildman–Crippen MR) is 123 cm³/mol. The van der Waals surface area contributed by atoms with Crippen LogP contribution in [0.25, 0.3) is 15.2 Å². The Hall–Kier alpha value is -3.78. The summed E-state index contributed by atoms with van der Waals surface area (Å²) >= 11 is 1.43. The van der Waals surface area contributed by atoms with Crippen molar-refractivity contribution in [1.29, 1.82) is 0 Å². The molecule has 0 saturated heterocycles. The Morgan fingerprint density at radius 2 is 1.81 bits per heavy atom. The highest BCUT2D eigenvalue weighted by Crippen LogP contribution is 2.23. The average Bonchev–Trinajstić information content (AvgIpc) is 3.29. The lowest BCUT2D eigenvalue weighted by Gasteiger charge is -2.07. The van der Waals surface area contributed by atoms with Crippen molar-refractivity contribution in [3.8, 4) is 0 Å². The number of fused-ring (bicyclic) bond motifs is 3. The number of carbonyl (C=O) groups is 1. The molecular weight excluding hydrogens is 424 g/mol. The van der Waals surface area contributed by atoms with Gasteiger partial charge in [0, 0.05) is 6.07 Å². The quantitative estimate of drug-likeness (QED) is 0.381. The van der Waals surface area contributed by atoms with E-state index < -0.39 is 5.97 Å². The number of carbonyl (C=O) groups excluding carboxylic acids is 1.